The molecule has 24 heavy (non-hydrogen) atoms. The second-order valence-corrected chi connectivity index (χ2v) is 6.21. The van der Waals surface area contributed by atoms with Gasteiger partial charge in [-0.15, -0.1) is 35.3 Å². The van der Waals surface area contributed by atoms with Crippen molar-refractivity contribution in [2.24, 2.45) is 4.99 Å². The molecule has 0 aliphatic heterocycles. The summed E-state index contributed by atoms with van der Waals surface area (Å²) in [5, 5.41) is 9.74. The van der Waals surface area contributed by atoms with E-state index in [-0.39, 0.29) is 24.0 Å². The van der Waals surface area contributed by atoms with Crippen LogP contribution in [0.5, 0.6) is 5.75 Å². The maximum atomic E-state index is 5.75. The van der Waals surface area contributed by atoms with Crippen LogP contribution in [0.1, 0.15) is 16.3 Å². The molecule has 0 saturated heterocycles. The summed E-state index contributed by atoms with van der Waals surface area (Å²) in [6.45, 7) is 6.17. The Labute approximate surface area is 165 Å². The molecule has 0 unspecified atom stereocenters. The van der Waals surface area contributed by atoms with Gasteiger partial charge in [0.2, 0.25) is 0 Å². The van der Waals surface area contributed by atoms with Crippen LogP contribution in [-0.4, -0.2) is 37.7 Å². The van der Waals surface area contributed by atoms with Crippen molar-refractivity contribution >= 4 is 41.3 Å². The van der Waals surface area contributed by atoms with Crippen molar-refractivity contribution in [3.8, 4) is 5.75 Å². The molecule has 132 valence electrons. The lowest BCUT2D eigenvalue weighted by molar-refractivity contribution is 0.320. The van der Waals surface area contributed by atoms with Gasteiger partial charge in [-0.25, -0.2) is 4.98 Å². The first-order valence-corrected chi connectivity index (χ1v) is 8.61. The van der Waals surface area contributed by atoms with Crippen LogP contribution in [-0.2, 0) is 6.42 Å². The van der Waals surface area contributed by atoms with Gasteiger partial charge in [-0.2, -0.15) is 0 Å². The number of aliphatic imine (C=N–C) groups is 1. The first kappa shape index (κ1) is 20.7. The molecule has 2 aromatic rings. The minimum atomic E-state index is 0. The zero-order valence-corrected chi connectivity index (χ0v) is 17.5. The van der Waals surface area contributed by atoms with Crippen molar-refractivity contribution in [1.82, 2.24) is 15.6 Å². The zero-order chi connectivity index (χ0) is 16.5. The lowest BCUT2D eigenvalue weighted by Gasteiger charge is -2.13. The maximum absolute atomic E-state index is 5.75. The molecule has 0 spiro atoms. The van der Waals surface area contributed by atoms with E-state index < -0.39 is 0 Å². The summed E-state index contributed by atoms with van der Waals surface area (Å²) >= 11 is 1.68. The molecule has 0 radical (unpaired) electrons. The molecule has 0 aliphatic rings. The van der Waals surface area contributed by atoms with Gasteiger partial charge in [0.1, 0.15) is 12.4 Å². The van der Waals surface area contributed by atoms with Crippen LogP contribution in [0.3, 0.4) is 0 Å². The van der Waals surface area contributed by atoms with Gasteiger partial charge >= 0.3 is 0 Å². The quantitative estimate of drug-likeness (QED) is 0.289. The van der Waals surface area contributed by atoms with E-state index in [0.29, 0.717) is 13.2 Å². The van der Waals surface area contributed by atoms with Gasteiger partial charge in [0.25, 0.3) is 0 Å². The Hall–Kier alpha value is -1.35. The van der Waals surface area contributed by atoms with E-state index in [9.17, 15) is 0 Å². The number of halogens is 1. The van der Waals surface area contributed by atoms with E-state index in [0.717, 1.165) is 40.9 Å². The lowest BCUT2D eigenvalue weighted by atomic mass is 10.2. The predicted molar refractivity (Wildman–Crippen MR) is 112 cm³/mol. The summed E-state index contributed by atoms with van der Waals surface area (Å²) in [5.74, 6) is 1.71. The monoisotopic (exact) mass is 460 g/mol. The molecule has 0 atom stereocenters. The number of guanidine groups is 1. The van der Waals surface area contributed by atoms with Crippen LogP contribution >= 0.6 is 35.3 Å². The van der Waals surface area contributed by atoms with Gasteiger partial charge in [0.05, 0.1) is 17.2 Å². The van der Waals surface area contributed by atoms with Crippen molar-refractivity contribution < 1.29 is 4.74 Å². The number of aryl methyl sites for hydroxylation is 2. The second-order valence-electron chi connectivity index (χ2n) is 5.15. The van der Waals surface area contributed by atoms with Gasteiger partial charge in [0, 0.05) is 25.4 Å². The number of hydrogen-bond acceptors (Lipinski definition) is 4. The molecule has 1 aromatic heterocycles. The van der Waals surface area contributed by atoms with E-state index in [1.807, 2.05) is 38.1 Å². The van der Waals surface area contributed by atoms with Crippen molar-refractivity contribution in [1.29, 1.82) is 0 Å². The fourth-order valence-electron chi connectivity index (χ4n) is 2.10. The molecule has 0 fully saturated rings. The highest BCUT2D eigenvalue weighted by atomic mass is 127. The number of benzene rings is 1. The highest BCUT2D eigenvalue weighted by Gasteiger charge is 2.01. The highest BCUT2D eigenvalue weighted by Crippen LogP contribution is 2.15. The van der Waals surface area contributed by atoms with E-state index >= 15 is 0 Å². The highest BCUT2D eigenvalue weighted by molar-refractivity contribution is 14.0. The zero-order valence-electron chi connectivity index (χ0n) is 14.3. The molecule has 0 amide bonds. The summed E-state index contributed by atoms with van der Waals surface area (Å²) in [6.07, 6.45) is 0.894. The van der Waals surface area contributed by atoms with E-state index in [2.05, 4.69) is 26.0 Å². The summed E-state index contributed by atoms with van der Waals surface area (Å²) in [6, 6.07) is 8.02. The van der Waals surface area contributed by atoms with E-state index in [1.165, 1.54) is 0 Å². The Kier molecular flexibility index (Phi) is 9.70. The summed E-state index contributed by atoms with van der Waals surface area (Å²) in [5.41, 5.74) is 2.27. The standard InChI is InChI=1S/C17H24N4OS.HI/c1-13-6-4-5-7-16(13)22-11-10-20-17(18-3)19-9-8-15-12-23-14(2)21-15;/h4-7,12H,8-11H2,1-3H3,(H2,18,19,20);1H. The normalized spacial score (nSPS) is 10.9. The third kappa shape index (κ3) is 7.04. The molecule has 7 heteroatoms. The van der Waals surface area contributed by atoms with E-state index in [1.54, 1.807) is 18.4 Å². The molecular weight excluding hydrogens is 435 g/mol. The number of para-hydroxylation sites is 1. The molecule has 5 nitrogen and oxygen atoms in total. The Balaban J connectivity index is 0.00000288. The van der Waals surface area contributed by atoms with Crippen LogP contribution in [0, 0.1) is 13.8 Å². The second kappa shape index (κ2) is 11.2. The Morgan fingerprint density at radius 3 is 2.62 bits per heavy atom. The van der Waals surface area contributed by atoms with Gasteiger partial charge in [-0.1, -0.05) is 18.2 Å². The van der Waals surface area contributed by atoms with Crippen LogP contribution < -0.4 is 15.4 Å². The Morgan fingerprint density at radius 2 is 1.96 bits per heavy atom. The number of aromatic nitrogens is 1. The van der Waals surface area contributed by atoms with Crippen molar-refractivity contribution in [2.45, 2.75) is 20.3 Å². The number of thiazole rings is 1. The smallest absolute Gasteiger partial charge is 0.191 e. The molecule has 0 saturated carbocycles. The fraction of sp³-hybridized carbons (Fsp3) is 0.412. The first-order valence-electron chi connectivity index (χ1n) is 7.73. The average molecular weight is 460 g/mol. The lowest BCUT2D eigenvalue weighted by Crippen LogP contribution is -2.40. The van der Waals surface area contributed by atoms with Gasteiger partial charge in [-0.3, -0.25) is 4.99 Å². The van der Waals surface area contributed by atoms with Crippen molar-refractivity contribution in [2.75, 3.05) is 26.7 Å². The van der Waals surface area contributed by atoms with Crippen LogP contribution in [0.15, 0.2) is 34.6 Å². The van der Waals surface area contributed by atoms with Gasteiger partial charge < -0.3 is 15.4 Å². The third-order valence-electron chi connectivity index (χ3n) is 3.31. The summed E-state index contributed by atoms with van der Waals surface area (Å²) < 4.78 is 5.75. The minimum absolute atomic E-state index is 0. The maximum Gasteiger partial charge on any atom is 0.191 e. The Morgan fingerprint density at radius 1 is 1.21 bits per heavy atom. The van der Waals surface area contributed by atoms with Crippen molar-refractivity contribution in [3.05, 3.63) is 45.9 Å². The molecule has 0 aliphatic carbocycles. The summed E-state index contributed by atoms with van der Waals surface area (Å²) in [4.78, 5) is 8.66. The van der Waals surface area contributed by atoms with Gasteiger partial charge in [0.15, 0.2) is 5.96 Å². The van der Waals surface area contributed by atoms with Crippen LogP contribution in [0.4, 0.5) is 0 Å². The molecule has 2 rings (SSSR count). The molecule has 1 aromatic carbocycles. The fourth-order valence-corrected chi connectivity index (χ4v) is 2.75. The number of rotatable bonds is 7. The number of nitrogens with zero attached hydrogens (tertiary/aromatic N) is 2. The summed E-state index contributed by atoms with van der Waals surface area (Å²) in [7, 11) is 1.77. The topological polar surface area (TPSA) is 58.5 Å². The molecule has 2 N–H and O–H groups in total. The largest absolute Gasteiger partial charge is 0.491 e. The molecule has 0 bridgehead atoms. The molecular formula is C17H25IN4OS. The van der Waals surface area contributed by atoms with Crippen LogP contribution in [0.2, 0.25) is 0 Å². The number of hydrogen-bond donors (Lipinski definition) is 2. The predicted octanol–water partition coefficient (Wildman–Crippen LogP) is 3.16. The Bertz CT molecular complexity index is 645. The van der Waals surface area contributed by atoms with Crippen molar-refractivity contribution in [3.63, 3.8) is 0 Å². The SMILES string of the molecule is CN=C(NCCOc1ccccc1C)NCCc1csc(C)n1.I. The first-order chi connectivity index (χ1) is 11.2. The number of ether oxygens (including phenoxy) is 1. The minimum Gasteiger partial charge on any atom is -0.491 e. The van der Waals surface area contributed by atoms with Gasteiger partial charge in [-0.05, 0) is 25.5 Å². The van der Waals surface area contributed by atoms with E-state index in [4.69, 9.17) is 4.74 Å². The average Bonchev–Trinajstić information content (AvgIpc) is 2.96. The number of nitrogens with one attached hydrogen (secondary N) is 2. The van der Waals surface area contributed by atoms with Crippen LogP contribution in [0.25, 0.3) is 0 Å². The molecule has 1 heterocycles. The third-order valence-corrected chi connectivity index (χ3v) is 4.13.